The number of nitrogens with zero attached hydrogens (tertiary/aromatic N) is 4. The first kappa shape index (κ1) is 20.1. The molecule has 1 aliphatic heterocycles. The van der Waals surface area contributed by atoms with E-state index in [1.165, 1.54) is 4.68 Å². The maximum absolute atomic E-state index is 12.4. The van der Waals surface area contributed by atoms with Crippen LogP contribution in [-0.2, 0) is 27.8 Å². The average molecular weight is 375 g/mol. The summed E-state index contributed by atoms with van der Waals surface area (Å²) in [6.07, 6.45) is 2.97. The topological polar surface area (TPSA) is 86.4 Å². The van der Waals surface area contributed by atoms with Crippen molar-refractivity contribution in [2.24, 2.45) is 0 Å². The highest BCUT2D eigenvalue weighted by Gasteiger charge is 2.31. The fourth-order valence-electron chi connectivity index (χ4n) is 3.23. The Kier molecular flexibility index (Phi) is 7.21. The molecule has 0 radical (unpaired) electrons. The Hall–Kier alpha value is -1.19. The third-order valence-corrected chi connectivity index (χ3v) is 6.70. The van der Waals surface area contributed by atoms with Gasteiger partial charge in [0.2, 0.25) is 10.0 Å². The molecule has 0 spiro atoms. The van der Waals surface area contributed by atoms with Gasteiger partial charge in [-0.3, -0.25) is 4.57 Å². The number of sulfonamides is 1. The Morgan fingerprint density at radius 1 is 1.24 bits per heavy atom. The van der Waals surface area contributed by atoms with Crippen molar-refractivity contribution in [1.82, 2.24) is 18.7 Å². The number of hydrogen-bond donors (Lipinski definition) is 0. The Morgan fingerprint density at radius 2 is 1.92 bits per heavy atom. The number of piperidine rings is 1. The van der Waals surface area contributed by atoms with Crippen LogP contribution < -0.4 is 5.69 Å². The zero-order valence-electron chi connectivity index (χ0n) is 15.5. The summed E-state index contributed by atoms with van der Waals surface area (Å²) in [5.74, 6) is 1.11. The van der Waals surface area contributed by atoms with E-state index in [-0.39, 0.29) is 17.4 Å². The van der Waals surface area contributed by atoms with Crippen molar-refractivity contribution in [3.8, 4) is 0 Å². The van der Waals surface area contributed by atoms with Gasteiger partial charge in [-0.2, -0.15) is 5.10 Å². The van der Waals surface area contributed by atoms with Crippen molar-refractivity contribution in [1.29, 1.82) is 0 Å². The number of ether oxygens (including phenoxy) is 1. The second-order valence-corrected chi connectivity index (χ2v) is 8.53. The summed E-state index contributed by atoms with van der Waals surface area (Å²) in [6, 6.07) is 0. The van der Waals surface area contributed by atoms with Gasteiger partial charge in [-0.15, -0.1) is 0 Å². The van der Waals surface area contributed by atoms with Crippen molar-refractivity contribution >= 4 is 10.0 Å². The smallest absolute Gasteiger partial charge is 0.345 e. The van der Waals surface area contributed by atoms with Crippen LogP contribution in [0.2, 0.25) is 0 Å². The zero-order chi connectivity index (χ0) is 18.4. The van der Waals surface area contributed by atoms with Crippen LogP contribution in [0.25, 0.3) is 0 Å². The van der Waals surface area contributed by atoms with Gasteiger partial charge in [0.25, 0.3) is 0 Å². The summed E-state index contributed by atoms with van der Waals surface area (Å²) in [7, 11) is -1.56. The van der Waals surface area contributed by atoms with Crippen LogP contribution in [0.4, 0.5) is 0 Å². The van der Waals surface area contributed by atoms with Gasteiger partial charge in [0.05, 0.1) is 18.9 Å². The highest BCUT2D eigenvalue weighted by molar-refractivity contribution is 7.89. The predicted octanol–water partition coefficient (Wildman–Crippen LogP) is 1.02. The highest BCUT2D eigenvalue weighted by Crippen LogP contribution is 2.27. The van der Waals surface area contributed by atoms with E-state index in [0.717, 1.165) is 12.2 Å². The first-order chi connectivity index (χ1) is 11.9. The molecular formula is C16H30N4O4S. The molecule has 0 aliphatic carbocycles. The molecule has 1 aromatic rings. The third kappa shape index (κ3) is 4.71. The SMILES string of the molecule is CCCCS(=O)(=O)N1CCC(c2nn(CCOC)c(=O)n2CC)CC1. The van der Waals surface area contributed by atoms with Gasteiger partial charge in [-0.1, -0.05) is 13.3 Å². The average Bonchev–Trinajstić information content (AvgIpc) is 2.94. The maximum atomic E-state index is 12.4. The molecule has 0 saturated carbocycles. The van der Waals surface area contributed by atoms with Gasteiger partial charge < -0.3 is 4.74 Å². The van der Waals surface area contributed by atoms with Crippen LogP contribution in [-0.4, -0.2) is 59.6 Å². The summed E-state index contributed by atoms with van der Waals surface area (Å²) in [5.41, 5.74) is -0.118. The monoisotopic (exact) mass is 374 g/mol. The molecule has 9 heteroatoms. The van der Waals surface area contributed by atoms with Crippen LogP contribution in [0.15, 0.2) is 4.79 Å². The minimum atomic E-state index is -3.16. The Balaban J connectivity index is 2.09. The molecule has 0 aromatic carbocycles. The maximum Gasteiger partial charge on any atom is 0.345 e. The Labute approximate surface area is 149 Å². The molecule has 0 bridgehead atoms. The Morgan fingerprint density at radius 3 is 2.48 bits per heavy atom. The van der Waals surface area contributed by atoms with E-state index in [9.17, 15) is 13.2 Å². The van der Waals surface area contributed by atoms with Gasteiger partial charge in [0, 0.05) is 32.7 Å². The number of rotatable bonds is 9. The van der Waals surface area contributed by atoms with Crippen LogP contribution >= 0.6 is 0 Å². The highest BCUT2D eigenvalue weighted by atomic mass is 32.2. The molecule has 2 rings (SSSR count). The van der Waals surface area contributed by atoms with Gasteiger partial charge in [0.15, 0.2) is 0 Å². The molecule has 0 amide bonds. The molecule has 144 valence electrons. The standard InChI is InChI=1S/C16H30N4O4S/c1-4-6-13-25(22,23)18-9-7-14(8-10-18)15-17-20(11-12-24-3)16(21)19(15)5-2/h14H,4-13H2,1-3H3. The summed E-state index contributed by atoms with van der Waals surface area (Å²) in [4.78, 5) is 12.4. The van der Waals surface area contributed by atoms with Gasteiger partial charge >= 0.3 is 5.69 Å². The fraction of sp³-hybridized carbons (Fsp3) is 0.875. The zero-order valence-corrected chi connectivity index (χ0v) is 16.3. The fourth-order valence-corrected chi connectivity index (χ4v) is 4.91. The normalized spacial score (nSPS) is 17.2. The quantitative estimate of drug-likeness (QED) is 0.644. The first-order valence-electron chi connectivity index (χ1n) is 9.08. The number of methoxy groups -OCH3 is 1. The van der Waals surface area contributed by atoms with Crippen LogP contribution in [0, 0.1) is 0 Å². The molecule has 8 nitrogen and oxygen atoms in total. The lowest BCUT2D eigenvalue weighted by atomic mass is 9.97. The van der Waals surface area contributed by atoms with Crippen LogP contribution in [0.3, 0.4) is 0 Å². The minimum absolute atomic E-state index is 0.118. The molecule has 0 atom stereocenters. The van der Waals surface area contributed by atoms with Gasteiger partial charge in [-0.25, -0.2) is 22.2 Å². The first-order valence-corrected chi connectivity index (χ1v) is 10.7. The van der Waals surface area contributed by atoms with Crippen molar-refractivity contribution in [2.45, 2.75) is 58.5 Å². The molecule has 1 aromatic heterocycles. The molecule has 0 N–H and O–H groups in total. The lowest BCUT2D eigenvalue weighted by Gasteiger charge is -2.30. The predicted molar refractivity (Wildman–Crippen MR) is 96.3 cm³/mol. The summed E-state index contributed by atoms with van der Waals surface area (Å²) in [6.45, 7) is 6.35. The van der Waals surface area contributed by atoms with Crippen molar-refractivity contribution in [2.75, 3.05) is 32.6 Å². The van der Waals surface area contributed by atoms with Crippen molar-refractivity contribution in [3.63, 3.8) is 0 Å². The minimum Gasteiger partial charge on any atom is -0.383 e. The van der Waals surface area contributed by atoms with E-state index < -0.39 is 10.0 Å². The summed E-state index contributed by atoms with van der Waals surface area (Å²) in [5, 5.41) is 4.50. The molecule has 25 heavy (non-hydrogen) atoms. The van der Waals surface area contributed by atoms with Gasteiger partial charge in [-0.05, 0) is 26.2 Å². The molecule has 2 heterocycles. The number of hydrogen-bond acceptors (Lipinski definition) is 5. The molecule has 1 aliphatic rings. The van der Waals surface area contributed by atoms with Crippen LogP contribution in [0.5, 0.6) is 0 Å². The molecule has 1 fully saturated rings. The van der Waals surface area contributed by atoms with E-state index >= 15 is 0 Å². The lowest BCUT2D eigenvalue weighted by molar-refractivity contribution is 0.182. The lowest BCUT2D eigenvalue weighted by Crippen LogP contribution is -2.39. The third-order valence-electron chi connectivity index (χ3n) is 4.74. The number of unbranched alkanes of at least 4 members (excludes halogenated alkanes) is 1. The molecule has 0 unspecified atom stereocenters. The van der Waals surface area contributed by atoms with E-state index in [0.29, 0.717) is 52.0 Å². The van der Waals surface area contributed by atoms with Crippen LogP contribution in [0.1, 0.15) is 51.3 Å². The van der Waals surface area contributed by atoms with Crippen molar-refractivity contribution in [3.05, 3.63) is 16.3 Å². The Bertz CT molecular complexity index is 702. The van der Waals surface area contributed by atoms with Crippen molar-refractivity contribution < 1.29 is 13.2 Å². The van der Waals surface area contributed by atoms with E-state index in [1.54, 1.807) is 16.0 Å². The second kappa shape index (κ2) is 8.95. The number of aromatic nitrogens is 3. The molecular weight excluding hydrogens is 344 g/mol. The van der Waals surface area contributed by atoms with E-state index in [4.69, 9.17) is 4.74 Å². The van der Waals surface area contributed by atoms with E-state index in [2.05, 4.69) is 5.10 Å². The van der Waals surface area contributed by atoms with E-state index in [1.807, 2.05) is 13.8 Å². The molecule has 1 saturated heterocycles. The largest absolute Gasteiger partial charge is 0.383 e. The summed E-state index contributed by atoms with van der Waals surface area (Å²) >= 11 is 0. The summed E-state index contributed by atoms with van der Waals surface area (Å²) < 4.78 is 34.4. The second-order valence-electron chi connectivity index (χ2n) is 6.44. The van der Waals surface area contributed by atoms with Gasteiger partial charge in [0.1, 0.15) is 5.82 Å².